The smallest absolute Gasteiger partial charge is 0.246 e. The average Bonchev–Trinajstić information content (AvgIpc) is 2.73. The van der Waals surface area contributed by atoms with Crippen LogP contribution >= 0.6 is 0 Å². The number of benzene rings is 3. The van der Waals surface area contributed by atoms with E-state index in [-0.39, 0.29) is 5.91 Å². The lowest BCUT2D eigenvalue weighted by atomic mass is 9.98. The number of nitrogens with zero attached hydrogens (tertiary/aromatic N) is 1. The van der Waals surface area contributed by atoms with Crippen molar-refractivity contribution in [3.05, 3.63) is 71.8 Å². The van der Waals surface area contributed by atoms with Crippen molar-refractivity contribution in [3.8, 4) is 0 Å². The van der Waals surface area contributed by atoms with Crippen LogP contribution in [-0.2, 0) is 27.8 Å². The standard InChI is InChI=1S/C23H25N3O3S/c1-16(23(27)25-22-12-5-8-17-7-3-4-10-19(17)22)24-21-11-6-9-18-15-26(30(2,28)29)14-13-20(18)21/h3-12,16,24H,13-15H2,1-2H3,(H,25,27). The Bertz CT molecular complexity index is 1200. The lowest BCUT2D eigenvalue weighted by Gasteiger charge is -2.29. The summed E-state index contributed by atoms with van der Waals surface area (Å²) in [7, 11) is -3.22. The van der Waals surface area contributed by atoms with Gasteiger partial charge in [0.2, 0.25) is 15.9 Å². The first-order valence-corrected chi connectivity index (χ1v) is 11.8. The maximum absolute atomic E-state index is 12.9. The highest BCUT2D eigenvalue weighted by Crippen LogP contribution is 2.28. The molecule has 0 fully saturated rings. The molecule has 7 heteroatoms. The van der Waals surface area contributed by atoms with E-state index in [0.717, 1.165) is 33.3 Å². The molecule has 1 atom stereocenters. The van der Waals surface area contributed by atoms with E-state index in [1.165, 1.54) is 10.6 Å². The highest BCUT2D eigenvalue weighted by molar-refractivity contribution is 7.88. The number of anilines is 2. The van der Waals surface area contributed by atoms with Crippen LogP contribution in [0.15, 0.2) is 60.7 Å². The number of hydrogen-bond acceptors (Lipinski definition) is 4. The molecule has 1 amide bonds. The van der Waals surface area contributed by atoms with E-state index in [2.05, 4.69) is 10.6 Å². The quantitative estimate of drug-likeness (QED) is 0.657. The summed E-state index contributed by atoms with van der Waals surface area (Å²) in [5.41, 5.74) is 3.70. The number of sulfonamides is 1. The van der Waals surface area contributed by atoms with Gasteiger partial charge in [0.15, 0.2) is 0 Å². The molecule has 0 bridgehead atoms. The van der Waals surface area contributed by atoms with Gasteiger partial charge in [-0.1, -0.05) is 48.5 Å². The average molecular weight is 424 g/mol. The molecule has 0 saturated heterocycles. The Hall–Kier alpha value is -2.90. The van der Waals surface area contributed by atoms with Gasteiger partial charge in [0.1, 0.15) is 6.04 Å². The van der Waals surface area contributed by atoms with Crippen molar-refractivity contribution in [2.45, 2.75) is 25.9 Å². The van der Waals surface area contributed by atoms with Crippen molar-refractivity contribution in [3.63, 3.8) is 0 Å². The van der Waals surface area contributed by atoms with E-state index in [0.29, 0.717) is 19.5 Å². The van der Waals surface area contributed by atoms with E-state index in [4.69, 9.17) is 0 Å². The van der Waals surface area contributed by atoms with E-state index in [1.807, 2.05) is 67.6 Å². The van der Waals surface area contributed by atoms with Crippen molar-refractivity contribution < 1.29 is 13.2 Å². The zero-order chi connectivity index (χ0) is 21.3. The summed E-state index contributed by atoms with van der Waals surface area (Å²) in [6.07, 6.45) is 1.85. The molecule has 1 aliphatic rings. The van der Waals surface area contributed by atoms with Gasteiger partial charge in [0.05, 0.1) is 6.26 Å². The third-order valence-electron chi connectivity index (χ3n) is 5.51. The first kappa shape index (κ1) is 20.4. The minimum atomic E-state index is -3.22. The highest BCUT2D eigenvalue weighted by atomic mass is 32.2. The van der Waals surface area contributed by atoms with E-state index >= 15 is 0 Å². The van der Waals surface area contributed by atoms with Gasteiger partial charge < -0.3 is 10.6 Å². The number of rotatable bonds is 5. The Morgan fingerprint density at radius 1 is 1.00 bits per heavy atom. The lowest BCUT2D eigenvalue weighted by Crippen LogP contribution is -2.36. The zero-order valence-electron chi connectivity index (χ0n) is 17.1. The highest BCUT2D eigenvalue weighted by Gasteiger charge is 2.25. The molecule has 0 saturated carbocycles. The SMILES string of the molecule is CC(Nc1cccc2c1CCN(S(C)(=O)=O)C2)C(=O)Nc1cccc2ccccc12. The largest absolute Gasteiger partial charge is 0.374 e. The van der Waals surface area contributed by atoms with E-state index in [1.54, 1.807) is 0 Å². The second-order valence-electron chi connectivity index (χ2n) is 7.67. The van der Waals surface area contributed by atoms with Crippen molar-refractivity contribution in [1.29, 1.82) is 0 Å². The predicted molar refractivity (Wildman–Crippen MR) is 121 cm³/mol. The molecule has 3 aromatic carbocycles. The zero-order valence-corrected chi connectivity index (χ0v) is 17.9. The summed E-state index contributed by atoms with van der Waals surface area (Å²) in [4.78, 5) is 12.9. The van der Waals surface area contributed by atoms with Gasteiger partial charge in [-0.2, -0.15) is 4.31 Å². The molecule has 30 heavy (non-hydrogen) atoms. The molecule has 1 unspecified atom stereocenters. The summed E-state index contributed by atoms with van der Waals surface area (Å²) >= 11 is 0. The normalized spacial score (nSPS) is 15.4. The van der Waals surface area contributed by atoms with Crippen molar-refractivity contribution in [2.24, 2.45) is 0 Å². The fraction of sp³-hybridized carbons (Fsp3) is 0.261. The maximum atomic E-state index is 12.9. The molecule has 3 aromatic rings. The van der Waals surface area contributed by atoms with Crippen LogP contribution in [0.5, 0.6) is 0 Å². The minimum Gasteiger partial charge on any atom is -0.374 e. The number of amides is 1. The molecular formula is C23H25N3O3S. The van der Waals surface area contributed by atoms with Crippen LogP contribution in [0.4, 0.5) is 11.4 Å². The third kappa shape index (κ3) is 4.17. The van der Waals surface area contributed by atoms with Gasteiger partial charge >= 0.3 is 0 Å². The van der Waals surface area contributed by atoms with Crippen LogP contribution in [0.3, 0.4) is 0 Å². The van der Waals surface area contributed by atoms with Crippen LogP contribution in [0.2, 0.25) is 0 Å². The van der Waals surface area contributed by atoms with Crippen LogP contribution in [0.25, 0.3) is 10.8 Å². The van der Waals surface area contributed by atoms with Gasteiger partial charge in [-0.3, -0.25) is 4.79 Å². The fourth-order valence-electron chi connectivity index (χ4n) is 3.88. The fourth-order valence-corrected chi connectivity index (χ4v) is 4.67. The van der Waals surface area contributed by atoms with Crippen molar-refractivity contribution in [1.82, 2.24) is 4.31 Å². The van der Waals surface area contributed by atoms with Gasteiger partial charge in [-0.25, -0.2) is 8.42 Å². The summed E-state index contributed by atoms with van der Waals surface area (Å²) < 4.78 is 25.2. The Kier molecular flexibility index (Phi) is 5.49. The molecule has 1 aliphatic heterocycles. The Morgan fingerprint density at radius 3 is 2.50 bits per heavy atom. The lowest BCUT2D eigenvalue weighted by molar-refractivity contribution is -0.116. The first-order chi connectivity index (χ1) is 14.3. The number of carbonyl (C=O) groups is 1. The third-order valence-corrected chi connectivity index (χ3v) is 6.76. The van der Waals surface area contributed by atoms with Gasteiger partial charge in [-0.05, 0) is 42.0 Å². The van der Waals surface area contributed by atoms with Crippen molar-refractivity contribution in [2.75, 3.05) is 23.4 Å². The molecule has 4 rings (SSSR count). The summed E-state index contributed by atoms with van der Waals surface area (Å²) in [5, 5.41) is 8.41. The molecule has 0 aromatic heterocycles. The van der Waals surface area contributed by atoms with Crippen LogP contribution in [-0.4, -0.2) is 37.5 Å². The number of fused-ring (bicyclic) bond motifs is 2. The maximum Gasteiger partial charge on any atom is 0.246 e. The number of hydrogen-bond donors (Lipinski definition) is 2. The van der Waals surface area contributed by atoms with E-state index < -0.39 is 16.1 Å². The molecule has 1 heterocycles. The first-order valence-electron chi connectivity index (χ1n) is 9.94. The molecule has 0 spiro atoms. The summed E-state index contributed by atoms with van der Waals surface area (Å²) in [5.74, 6) is -0.127. The van der Waals surface area contributed by atoms with Crippen molar-refractivity contribution >= 4 is 38.1 Å². The second kappa shape index (κ2) is 8.08. The van der Waals surface area contributed by atoms with E-state index in [9.17, 15) is 13.2 Å². The predicted octanol–water partition coefficient (Wildman–Crippen LogP) is 3.60. The molecule has 0 radical (unpaired) electrons. The van der Waals surface area contributed by atoms with Gasteiger partial charge in [0, 0.05) is 29.9 Å². The number of nitrogens with one attached hydrogen (secondary N) is 2. The summed E-state index contributed by atoms with van der Waals surface area (Å²) in [6, 6.07) is 19.1. The molecule has 6 nitrogen and oxygen atoms in total. The summed E-state index contributed by atoms with van der Waals surface area (Å²) in [6.45, 7) is 2.63. The number of carbonyl (C=O) groups excluding carboxylic acids is 1. The Morgan fingerprint density at radius 2 is 1.70 bits per heavy atom. The molecular weight excluding hydrogens is 398 g/mol. The molecule has 2 N–H and O–H groups in total. The topological polar surface area (TPSA) is 78.5 Å². The monoisotopic (exact) mass is 423 g/mol. The van der Waals surface area contributed by atoms with Crippen LogP contribution < -0.4 is 10.6 Å². The molecule has 156 valence electrons. The minimum absolute atomic E-state index is 0.127. The van der Waals surface area contributed by atoms with Gasteiger partial charge in [-0.15, -0.1) is 0 Å². The second-order valence-corrected chi connectivity index (χ2v) is 9.65. The van der Waals surface area contributed by atoms with Crippen LogP contribution in [0.1, 0.15) is 18.1 Å². The van der Waals surface area contributed by atoms with Gasteiger partial charge in [0.25, 0.3) is 0 Å². The Balaban J connectivity index is 1.50. The molecule has 0 aliphatic carbocycles. The Labute approximate surface area is 177 Å². The van der Waals surface area contributed by atoms with Crippen LogP contribution in [0, 0.1) is 0 Å².